The molecule has 1 saturated heterocycles. The highest BCUT2D eigenvalue weighted by molar-refractivity contribution is 5.87. The fraction of sp³-hybridized carbons (Fsp3) is 0.455. The zero-order chi connectivity index (χ0) is 11.5. The number of hydrogen-bond donors (Lipinski definition) is 2. The Morgan fingerprint density at radius 1 is 1.50 bits per heavy atom. The predicted molar refractivity (Wildman–Crippen MR) is 56.8 cm³/mol. The molecule has 1 atom stereocenters. The molecule has 86 valence electrons. The first kappa shape index (κ1) is 10.9. The average Bonchev–Trinajstić information content (AvgIpc) is 2.29. The molecule has 1 aromatic rings. The van der Waals surface area contributed by atoms with Crippen molar-refractivity contribution in [3.63, 3.8) is 0 Å². The highest BCUT2D eigenvalue weighted by Gasteiger charge is 2.18. The maximum Gasteiger partial charge on any atom is 0.335 e. The topological polar surface area (TPSA) is 79.4 Å². The summed E-state index contributed by atoms with van der Waals surface area (Å²) in [7, 11) is 0. The van der Waals surface area contributed by atoms with Crippen LogP contribution in [0.1, 0.15) is 34.8 Å². The number of aromatic nitrogens is 1. The fourth-order valence-corrected chi connectivity index (χ4v) is 1.89. The molecule has 2 rings (SSSR count). The molecule has 1 aromatic heterocycles. The van der Waals surface area contributed by atoms with Gasteiger partial charge in [0, 0.05) is 24.3 Å². The largest absolute Gasteiger partial charge is 0.478 e. The Labute approximate surface area is 92.1 Å². The Kier molecular flexibility index (Phi) is 3.05. The average molecular weight is 223 g/mol. The zero-order valence-electron chi connectivity index (χ0n) is 8.73. The van der Waals surface area contributed by atoms with Crippen LogP contribution in [0.5, 0.6) is 0 Å². The number of aromatic carboxylic acids is 1. The molecule has 1 aliphatic rings. The van der Waals surface area contributed by atoms with Crippen molar-refractivity contribution in [2.45, 2.75) is 18.8 Å². The van der Waals surface area contributed by atoms with Crippen molar-refractivity contribution in [1.82, 2.24) is 4.98 Å². The summed E-state index contributed by atoms with van der Waals surface area (Å²) in [6.07, 6.45) is 1.85. The number of hydrogen-bond acceptors (Lipinski definition) is 3. The minimum atomic E-state index is -1.08. The normalized spacial score (nSPS) is 20.6. The minimum Gasteiger partial charge on any atom is -0.478 e. The van der Waals surface area contributed by atoms with Gasteiger partial charge < -0.3 is 14.8 Å². The Balaban J connectivity index is 2.32. The van der Waals surface area contributed by atoms with Crippen molar-refractivity contribution in [2.75, 3.05) is 13.2 Å². The molecule has 1 fully saturated rings. The summed E-state index contributed by atoms with van der Waals surface area (Å²) in [6.45, 7) is 1.28. The van der Waals surface area contributed by atoms with E-state index in [1.165, 1.54) is 6.07 Å². The number of carboxylic acid groups (broad SMARTS) is 1. The first-order chi connectivity index (χ1) is 7.66. The van der Waals surface area contributed by atoms with Gasteiger partial charge in [-0.3, -0.25) is 4.79 Å². The molecule has 0 aromatic carbocycles. The summed E-state index contributed by atoms with van der Waals surface area (Å²) < 4.78 is 5.31. The van der Waals surface area contributed by atoms with Crippen molar-refractivity contribution < 1.29 is 14.6 Å². The van der Waals surface area contributed by atoms with Gasteiger partial charge in [0.1, 0.15) is 0 Å². The second kappa shape index (κ2) is 4.49. The van der Waals surface area contributed by atoms with Gasteiger partial charge in [-0.15, -0.1) is 0 Å². The van der Waals surface area contributed by atoms with E-state index < -0.39 is 5.97 Å². The summed E-state index contributed by atoms with van der Waals surface area (Å²) >= 11 is 0. The van der Waals surface area contributed by atoms with E-state index in [1.54, 1.807) is 0 Å². The standard InChI is InChI=1S/C11H13NO4/c13-10-5-8(11(14)15)4-9(12-10)7-2-1-3-16-6-7/h4-5,7H,1-3,6H2,(H,12,13)(H,14,15). The lowest BCUT2D eigenvalue weighted by Crippen LogP contribution is -2.20. The number of H-pyrrole nitrogens is 1. The van der Waals surface area contributed by atoms with Gasteiger partial charge in [0.15, 0.2) is 0 Å². The summed E-state index contributed by atoms with van der Waals surface area (Å²) in [5.74, 6) is -0.982. The van der Waals surface area contributed by atoms with Crippen LogP contribution in [0.15, 0.2) is 16.9 Å². The van der Waals surface area contributed by atoms with Crippen molar-refractivity contribution in [3.05, 3.63) is 33.7 Å². The van der Waals surface area contributed by atoms with Gasteiger partial charge in [0.2, 0.25) is 5.56 Å². The lowest BCUT2D eigenvalue weighted by atomic mass is 9.97. The molecule has 0 bridgehead atoms. The number of pyridine rings is 1. The van der Waals surface area contributed by atoms with Gasteiger partial charge in [-0.1, -0.05) is 0 Å². The van der Waals surface area contributed by atoms with Crippen LogP contribution in [0.25, 0.3) is 0 Å². The van der Waals surface area contributed by atoms with Crippen molar-refractivity contribution in [3.8, 4) is 0 Å². The van der Waals surface area contributed by atoms with Crippen LogP contribution in [0.3, 0.4) is 0 Å². The van der Waals surface area contributed by atoms with E-state index in [9.17, 15) is 9.59 Å². The van der Waals surface area contributed by atoms with Crippen LogP contribution in [-0.4, -0.2) is 29.3 Å². The van der Waals surface area contributed by atoms with Crippen LogP contribution >= 0.6 is 0 Å². The molecule has 16 heavy (non-hydrogen) atoms. The van der Waals surface area contributed by atoms with Gasteiger partial charge >= 0.3 is 5.97 Å². The zero-order valence-corrected chi connectivity index (χ0v) is 8.73. The van der Waals surface area contributed by atoms with E-state index >= 15 is 0 Å². The minimum absolute atomic E-state index is 0.0318. The van der Waals surface area contributed by atoms with E-state index in [0.29, 0.717) is 12.3 Å². The lowest BCUT2D eigenvalue weighted by molar-refractivity contribution is 0.0693. The first-order valence-corrected chi connectivity index (χ1v) is 5.22. The molecule has 0 amide bonds. The number of carboxylic acids is 1. The van der Waals surface area contributed by atoms with E-state index in [1.807, 2.05) is 0 Å². The third-order valence-corrected chi connectivity index (χ3v) is 2.71. The van der Waals surface area contributed by atoms with Gasteiger partial charge in [0.05, 0.1) is 12.2 Å². The highest BCUT2D eigenvalue weighted by atomic mass is 16.5. The molecule has 5 nitrogen and oxygen atoms in total. The van der Waals surface area contributed by atoms with E-state index in [4.69, 9.17) is 9.84 Å². The number of ether oxygens (including phenoxy) is 1. The third kappa shape index (κ3) is 2.30. The van der Waals surface area contributed by atoms with Crippen molar-refractivity contribution >= 4 is 5.97 Å². The van der Waals surface area contributed by atoms with Crippen molar-refractivity contribution in [1.29, 1.82) is 0 Å². The molecule has 2 N–H and O–H groups in total. The summed E-state index contributed by atoms with van der Waals surface area (Å²) in [4.78, 5) is 24.8. The molecule has 0 aliphatic carbocycles. The molecule has 0 radical (unpaired) electrons. The Morgan fingerprint density at radius 3 is 2.94 bits per heavy atom. The molecule has 1 unspecified atom stereocenters. The van der Waals surface area contributed by atoms with E-state index in [2.05, 4.69) is 4.98 Å². The van der Waals surface area contributed by atoms with Crippen LogP contribution in [0.2, 0.25) is 0 Å². The fourth-order valence-electron chi connectivity index (χ4n) is 1.89. The smallest absolute Gasteiger partial charge is 0.335 e. The van der Waals surface area contributed by atoms with Crippen LogP contribution < -0.4 is 5.56 Å². The van der Waals surface area contributed by atoms with Crippen LogP contribution in [0, 0.1) is 0 Å². The summed E-state index contributed by atoms with van der Waals surface area (Å²) in [5, 5.41) is 8.85. The quantitative estimate of drug-likeness (QED) is 0.782. The molecule has 0 saturated carbocycles. The number of nitrogens with one attached hydrogen (secondary N) is 1. The predicted octanol–water partition coefficient (Wildman–Crippen LogP) is 0.967. The SMILES string of the molecule is O=C(O)c1cc(C2CCCOC2)[nH]c(=O)c1. The molecule has 5 heteroatoms. The molecular weight excluding hydrogens is 210 g/mol. The Morgan fingerprint density at radius 2 is 2.31 bits per heavy atom. The van der Waals surface area contributed by atoms with Gasteiger partial charge in [-0.25, -0.2) is 4.79 Å². The van der Waals surface area contributed by atoms with Gasteiger partial charge in [-0.05, 0) is 18.9 Å². The second-order valence-corrected chi connectivity index (χ2v) is 3.91. The number of aromatic amines is 1. The lowest BCUT2D eigenvalue weighted by Gasteiger charge is -2.22. The molecule has 1 aliphatic heterocycles. The molecular formula is C11H13NO4. The maximum atomic E-state index is 11.3. The monoisotopic (exact) mass is 223 g/mol. The molecule has 0 spiro atoms. The summed E-state index contributed by atoms with van der Waals surface area (Å²) in [6, 6.07) is 2.61. The van der Waals surface area contributed by atoms with E-state index in [0.717, 1.165) is 25.5 Å². The van der Waals surface area contributed by atoms with E-state index in [-0.39, 0.29) is 17.0 Å². The van der Waals surface area contributed by atoms with Gasteiger partial charge in [0.25, 0.3) is 0 Å². The third-order valence-electron chi connectivity index (χ3n) is 2.71. The summed E-state index contributed by atoms with van der Waals surface area (Å²) in [5.41, 5.74) is 0.314. The van der Waals surface area contributed by atoms with Crippen LogP contribution in [-0.2, 0) is 4.74 Å². The van der Waals surface area contributed by atoms with Gasteiger partial charge in [-0.2, -0.15) is 0 Å². The Hall–Kier alpha value is -1.62. The Bertz CT molecular complexity index is 446. The first-order valence-electron chi connectivity index (χ1n) is 5.22. The number of rotatable bonds is 2. The number of carbonyl (C=O) groups is 1. The highest BCUT2D eigenvalue weighted by Crippen LogP contribution is 2.23. The second-order valence-electron chi connectivity index (χ2n) is 3.91. The van der Waals surface area contributed by atoms with Crippen LogP contribution in [0.4, 0.5) is 0 Å². The van der Waals surface area contributed by atoms with Crippen molar-refractivity contribution in [2.24, 2.45) is 0 Å². The molecule has 2 heterocycles. The maximum absolute atomic E-state index is 11.3.